The van der Waals surface area contributed by atoms with Crippen molar-refractivity contribution in [3.05, 3.63) is 62.4 Å². The van der Waals surface area contributed by atoms with Gasteiger partial charge in [-0.25, -0.2) is 4.68 Å². The van der Waals surface area contributed by atoms with Gasteiger partial charge < -0.3 is 10.6 Å². The van der Waals surface area contributed by atoms with Gasteiger partial charge in [0.15, 0.2) is 11.7 Å². The first kappa shape index (κ1) is 20.1. The van der Waals surface area contributed by atoms with Crippen molar-refractivity contribution in [1.82, 2.24) is 9.78 Å². The van der Waals surface area contributed by atoms with E-state index in [2.05, 4.69) is 15.7 Å². The number of hydrogen-bond acceptors (Lipinski definition) is 4. The van der Waals surface area contributed by atoms with Crippen LogP contribution >= 0.6 is 34.5 Å². The maximum Gasteiger partial charge on any atom is 0.410 e. The maximum absolute atomic E-state index is 13.7. The van der Waals surface area contributed by atoms with Gasteiger partial charge in [-0.05, 0) is 29.6 Å². The first-order valence-electron chi connectivity index (χ1n) is 8.45. The van der Waals surface area contributed by atoms with Crippen LogP contribution in [0.1, 0.15) is 33.9 Å². The van der Waals surface area contributed by atoms with E-state index in [1.54, 1.807) is 35.7 Å². The Bertz CT molecular complexity index is 1050. The third kappa shape index (κ3) is 3.94. The Morgan fingerprint density at radius 1 is 1.28 bits per heavy atom. The minimum absolute atomic E-state index is 0.0325. The van der Waals surface area contributed by atoms with Gasteiger partial charge in [0.25, 0.3) is 5.91 Å². The number of rotatable bonds is 3. The van der Waals surface area contributed by atoms with Gasteiger partial charge in [0, 0.05) is 22.0 Å². The highest BCUT2D eigenvalue weighted by molar-refractivity contribution is 7.10. The average Bonchev–Trinajstić information content (AvgIpc) is 3.29. The number of carbonyl (C=O) groups is 1. The normalized spacial score (nSPS) is 18.8. The molecule has 0 radical (unpaired) electrons. The van der Waals surface area contributed by atoms with Crippen LogP contribution in [0.5, 0.6) is 0 Å². The van der Waals surface area contributed by atoms with Crippen molar-refractivity contribution in [1.29, 1.82) is 0 Å². The van der Waals surface area contributed by atoms with Crippen LogP contribution < -0.4 is 10.6 Å². The Morgan fingerprint density at radius 2 is 2.07 bits per heavy atom. The number of hydrogen-bond donors (Lipinski definition) is 2. The van der Waals surface area contributed by atoms with Gasteiger partial charge in [-0.1, -0.05) is 35.3 Å². The van der Waals surface area contributed by atoms with Gasteiger partial charge in [0.05, 0.1) is 6.04 Å². The zero-order valence-electron chi connectivity index (χ0n) is 14.5. The number of nitrogens with one attached hydrogen (secondary N) is 2. The highest BCUT2D eigenvalue weighted by Gasteiger charge is 2.48. The van der Waals surface area contributed by atoms with E-state index in [-0.39, 0.29) is 23.0 Å². The second-order valence-corrected chi connectivity index (χ2v) is 8.22. The van der Waals surface area contributed by atoms with Crippen molar-refractivity contribution >= 4 is 52.0 Å². The van der Waals surface area contributed by atoms with Crippen molar-refractivity contribution < 1.29 is 18.0 Å². The number of nitrogens with zero attached hydrogens (tertiary/aromatic N) is 2. The molecule has 11 heteroatoms. The van der Waals surface area contributed by atoms with Crippen LogP contribution in [0.15, 0.2) is 41.8 Å². The fourth-order valence-corrected chi connectivity index (χ4v) is 4.41. The molecule has 0 unspecified atom stereocenters. The summed E-state index contributed by atoms with van der Waals surface area (Å²) >= 11 is 13.5. The zero-order valence-corrected chi connectivity index (χ0v) is 16.8. The van der Waals surface area contributed by atoms with Gasteiger partial charge in [-0.2, -0.15) is 18.3 Å². The van der Waals surface area contributed by atoms with Gasteiger partial charge in [0.1, 0.15) is 10.8 Å². The minimum atomic E-state index is -4.55. The van der Waals surface area contributed by atoms with E-state index in [4.69, 9.17) is 23.2 Å². The summed E-state index contributed by atoms with van der Waals surface area (Å²) in [6.07, 6.45) is -4.81. The predicted molar refractivity (Wildman–Crippen MR) is 107 cm³/mol. The van der Waals surface area contributed by atoms with Crippen molar-refractivity contribution in [2.75, 3.05) is 10.6 Å². The van der Waals surface area contributed by atoms with Crippen molar-refractivity contribution in [2.45, 2.75) is 24.7 Å². The highest BCUT2D eigenvalue weighted by atomic mass is 35.5. The second kappa shape index (κ2) is 7.55. The van der Waals surface area contributed by atoms with Gasteiger partial charge >= 0.3 is 6.18 Å². The molecule has 5 nitrogen and oxygen atoms in total. The summed E-state index contributed by atoms with van der Waals surface area (Å²) in [6.45, 7) is 0. The Morgan fingerprint density at radius 3 is 2.72 bits per heavy atom. The molecule has 29 heavy (non-hydrogen) atoms. The average molecular weight is 461 g/mol. The second-order valence-electron chi connectivity index (χ2n) is 6.43. The number of anilines is 2. The summed E-state index contributed by atoms with van der Waals surface area (Å²) < 4.78 is 41.9. The molecular formula is C18H13Cl2F3N4OS. The molecule has 1 aliphatic rings. The van der Waals surface area contributed by atoms with Crippen LogP contribution in [0.25, 0.3) is 0 Å². The molecule has 1 aromatic carbocycles. The largest absolute Gasteiger partial charge is 0.410 e. The molecule has 1 amide bonds. The van der Waals surface area contributed by atoms with Crippen molar-refractivity contribution in [2.24, 2.45) is 0 Å². The molecule has 0 saturated heterocycles. The van der Waals surface area contributed by atoms with Gasteiger partial charge in [0.2, 0.25) is 0 Å². The molecule has 2 N–H and O–H groups in total. The summed E-state index contributed by atoms with van der Waals surface area (Å²) in [6, 6.07) is 7.38. The fraction of sp³-hybridized carbons (Fsp3) is 0.222. The molecule has 0 fully saturated rings. The van der Waals surface area contributed by atoms with Gasteiger partial charge in [-0.15, -0.1) is 11.3 Å². The Balaban J connectivity index is 1.70. The third-order valence-corrected chi connectivity index (χ3v) is 6.06. The van der Waals surface area contributed by atoms with Crippen LogP contribution in [0.2, 0.25) is 10.0 Å². The number of benzene rings is 1. The van der Waals surface area contributed by atoms with E-state index >= 15 is 0 Å². The number of alkyl halides is 3. The Hall–Kier alpha value is -2.23. The summed E-state index contributed by atoms with van der Waals surface area (Å²) in [4.78, 5) is 13.4. The molecule has 2 aromatic heterocycles. The van der Waals surface area contributed by atoms with E-state index < -0.39 is 24.2 Å². The number of fused-ring (bicyclic) bond motifs is 1. The molecule has 0 saturated carbocycles. The van der Waals surface area contributed by atoms with E-state index in [0.717, 1.165) is 9.56 Å². The van der Waals surface area contributed by atoms with Crippen LogP contribution in [-0.2, 0) is 0 Å². The fourth-order valence-electron chi connectivity index (χ4n) is 3.17. The van der Waals surface area contributed by atoms with E-state index in [9.17, 15) is 18.0 Å². The Labute approximate surface area is 177 Å². The molecule has 3 aromatic rings. The third-order valence-electron chi connectivity index (χ3n) is 4.48. The monoisotopic (exact) mass is 460 g/mol. The quantitative estimate of drug-likeness (QED) is 0.491. The molecule has 2 atom stereocenters. The highest BCUT2D eigenvalue weighted by Crippen LogP contribution is 2.46. The van der Waals surface area contributed by atoms with Crippen LogP contribution in [0.3, 0.4) is 0 Å². The lowest BCUT2D eigenvalue weighted by atomic mass is 10.0. The van der Waals surface area contributed by atoms with E-state index in [1.165, 1.54) is 17.4 Å². The first-order chi connectivity index (χ1) is 13.7. The topological polar surface area (TPSA) is 59.0 Å². The lowest BCUT2D eigenvalue weighted by Gasteiger charge is -2.32. The SMILES string of the molecule is O=C(Nc1cccc(Cl)c1)c1nn2c(c1Cl)N[C@H](c1cccs1)C[C@@H]2C(F)(F)F. The molecule has 0 bridgehead atoms. The number of thiophene rings is 1. The predicted octanol–water partition coefficient (Wildman–Crippen LogP) is 6.16. The van der Waals surface area contributed by atoms with Crippen molar-refractivity contribution in [3.8, 4) is 0 Å². The lowest BCUT2D eigenvalue weighted by molar-refractivity contribution is -0.173. The smallest absolute Gasteiger partial charge is 0.361 e. The lowest BCUT2D eigenvalue weighted by Crippen LogP contribution is -2.35. The Kier molecular flexibility index (Phi) is 5.22. The first-order valence-corrected chi connectivity index (χ1v) is 10.1. The molecular weight excluding hydrogens is 448 g/mol. The molecule has 0 spiro atoms. The summed E-state index contributed by atoms with van der Waals surface area (Å²) in [5.74, 6) is -0.760. The van der Waals surface area contributed by atoms with Crippen LogP contribution in [0.4, 0.5) is 24.7 Å². The summed E-state index contributed by atoms with van der Waals surface area (Å²) in [5, 5.41) is 11.5. The summed E-state index contributed by atoms with van der Waals surface area (Å²) in [7, 11) is 0. The number of amides is 1. The summed E-state index contributed by atoms with van der Waals surface area (Å²) in [5.41, 5.74) is 0.0801. The molecule has 4 rings (SSSR count). The number of carbonyl (C=O) groups excluding carboxylic acids is 1. The van der Waals surface area contributed by atoms with Crippen LogP contribution in [0, 0.1) is 0 Å². The molecule has 152 valence electrons. The van der Waals surface area contributed by atoms with Crippen molar-refractivity contribution in [3.63, 3.8) is 0 Å². The van der Waals surface area contributed by atoms with Crippen LogP contribution in [-0.4, -0.2) is 21.9 Å². The van der Waals surface area contributed by atoms with E-state index in [0.29, 0.717) is 10.7 Å². The molecule has 0 aliphatic carbocycles. The maximum atomic E-state index is 13.7. The zero-order chi connectivity index (χ0) is 20.8. The molecule has 1 aliphatic heterocycles. The number of aromatic nitrogens is 2. The van der Waals surface area contributed by atoms with E-state index in [1.807, 2.05) is 0 Å². The van der Waals surface area contributed by atoms with Gasteiger partial charge in [-0.3, -0.25) is 4.79 Å². The standard InChI is InChI=1S/C18H13Cl2F3N4OS/c19-9-3-1-4-10(7-9)24-17(28)15-14(20)16-25-11(12-5-2-6-29-12)8-13(18(21,22)23)27(16)26-15/h1-7,11,13,25H,8H2,(H,24,28)/t11-,13+/m0/s1. The molecule has 3 heterocycles. The number of halogens is 5. The minimum Gasteiger partial charge on any atom is -0.361 e.